The number of hydrogen-bond donors (Lipinski definition) is 2. The zero-order chi connectivity index (χ0) is 13.8. The van der Waals surface area contributed by atoms with Crippen LogP contribution in [0.2, 0.25) is 0 Å². The van der Waals surface area contributed by atoms with E-state index in [1.807, 2.05) is 12.2 Å². The first-order chi connectivity index (χ1) is 9.08. The van der Waals surface area contributed by atoms with Gasteiger partial charge < -0.3 is 15.3 Å². The van der Waals surface area contributed by atoms with E-state index < -0.39 is 12.0 Å². The van der Waals surface area contributed by atoms with Gasteiger partial charge in [0.1, 0.15) is 0 Å². The van der Waals surface area contributed by atoms with Crippen molar-refractivity contribution < 1.29 is 14.7 Å². The zero-order valence-corrected chi connectivity index (χ0v) is 10.6. The summed E-state index contributed by atoms with van der Waals surface area (Å²) >= 11 is 0. The Bertz CT molecular complexity index is 509. The Kier molecular flexibility index (Phi) is 3.84. The SMILES string of the molecule is Cn1cc(C(NC(=O)N2CC=CCC2)C(=O)O)cn1. The molecule has 0 saturated carbocycles. The average molecular weight is 264 g/mol. The van der Waals surface area contributed by atoms with Crippen molar-refractivity contribution in [2.24, 2.45) is 7.05 Å². The smallest absolute Gasteiger partial charge is 0.331 e. The monoisotopic (exact) mass is 264 g/mol. The van der Waals surface area contributed by atoms with Crippen LogP contribution in [0.15, 0.2) is 24.5 Å². The Morgan fingerprint density at radius 2 is 2.26 bits per heavy atom. The van der Waals surface area contributed by atoms with Gasteiger partial charge in [0, 0.05) is 31.9 Å². The van der Waals surface area contributed by atoms with Gasteiger partial charge in [-0.05, 0) is 6.42 Å². The molecule has 7 heteroatoms. The summed E-state index contributed by atoms with van der Waals surface area (Å²) in [5.74, 6) is -1.10. The van der Waals surface area contributed by atoms with Gasteiger partial charge in [-0.3, -0.25) is 4.68 Å². The number of nitrogens with one attached hydrogen (secondary N) is 1. The predicted octanol–water partition coefficient (Wildman–Crippen LogP) is 0.517. The van der Waals surface area contributed by atoms with E-state index in [2.05, 4.69) is 10.4 Å². The third kappa shape index (κ3) is 3.12. The van der Waals surface area contributed by atoms with Crippen molar-refractivity contribution in [2.45, 2.75) is 12.5 Å². The largest absolute Gasteiger partial charge is 0.479 e. The van der Waals surface area contributed by atoms with Crippen molar-refractivity contribution >= 4 is 12.0 Å². The molecule has 0 aromatic carbocycles. The molecule has 0 spiro atoms. The third-order valence-corrected chi connectivity index (χ3v) is 2.92. The molecule has 2 N–H and O–H groups in total. The molecule has 0 fully saturated rings. The number of aliphatic carboxylic acids is 1. The lowest BCUT2D eigenvalue weighted by atomic mass is 10.1. The summed E-state index contributed by atoms with van der Waals surface area (Å²) in [6, 6.07) is -1.45. The number of aryl methyl sites for hydroxylation is 1. The second kappa shape index (κ2) is 5.55. The number of hydrogen-bond acceptors (Lipinski definition) is 3. The summed E-state index contributed by atoms with van der Waals surface area (Å²) < 4.78 is 1.50. The Balaban J connectivity index is 2.06. The average Bonchev–Trinajstić information content (AvgIpc) is 2.82. The summed E-state index contributed by atoms with van der Waals surface area (Å²) in [6.07, 6.45) is 7.70. The maximum Gasteiger partial charge on any atom is 0.331 e. The predicted molar refractivity (Wildman–Crippen MR) is 67.4 cm³/mol. The van der Waals surface area contributed by atoms with E-state index >= 15 is 0 Å². The summed E-state index contributed by atoms with van der Waals surface area (Å²) in [6.45, 7) is 1.10. The summed E-state index contributed by atoms with van der Waals surface area (Å²) in [7, 11) is 1.69. The molecule has 2 rings (SSSR count). The number of amides is 2. The minimum absolute atomic E-state index is 0.374. The lowest BCUT2D eigenvalue weighted by molar-refractivity contribution is -0.139. The normalized spacial score (nSPS) is 16.2. The van der Waals surface area contributed by atoms with Gasteiger partial charge in [-0.15, -0.1) is 0 Å². The highest BCUT2D eigenvalue weighted by Gasteiger charge is 2.25. The lowest BCUT2D eigenvalue weighted by Crippen LogP contribution is -2.44. The standard InChI is InChI=1S/C12H16N4O3/c1-15-8-9(7-13-15)10(11(17)18)14-12(19)16-5-3-2-4-6-16/h2-3,7-8,10H,4-6H2,1H3,(H,14,19)(H,17,18). The number of rotatable bonds is 3. The van der Waals surface area contributed by atoms with E-state index in [0.717, 1.165) is 6.42 Å². The lowest BCUT2D eigenvalue weighted by Gasteiger charge is -2.25. The van der Waals surface area contributed by atoms with Gasteiger partial charge in [0.25, 0.3) is 0 Å². The van der Waals surface area contributed by atoms with Crippen LogP contribution in [0.1, 0.15) is 18.0 Å². The van der Waals surface area contributed by atoms with Crippen molar-refractivity contribution in [2.75, 3.05) is 13.1 Å². The van der Waals surface area contributed by atoms with E-state index in [0.29, 0.717) is 18.7 Å². The first-order valence-electron chi connectivity index (χ1n) is 5.99. The van der Waals surface area contributed by atoms with Crippen molar-refractivity contribution in [3.8, 4) is 0 Å². The summed E-state index contributed by atoms with van der Waals surface area (Å²) in [4.78, 5) is 24.8. The van der Waals surface area contributed by atoms with Gasteiger partial charge in [0.05, 0.1) is 6.20 Å². The fourth-order valence-electron chi connectivity index (χ4n) is 1.92. The number of urea groups is 1. The summed E-state index contributed by atoms with van der Waals surface area (Å²) in [5, 5.41) is 15.6. The van der Waals surface area contributed by atoms with Crippen LogP contribution in [0, 0.1) is 0 Å². The fourth-order valence-corrected chi connectivity index (χ4v) is 1.92. The van der Waals surface area contributed by atoms with Gasteiger partial charge in [0.15, 0.2) is 6.04 Å². The highest BCUT2D eigenvalue weighted by Crippen LogP contribution is 2.13. The van der Waals surface area contributed by atoms with Gasteiger partial charge in [0.2, 0.25) is 0 Å². The molecule has 19 heavy (non-hydrogen) atoms. The molecule has 1 aliphatic heterocycles. The second-order valence-corrected chi connectivity index (χ2v) is 4.37. The Hall–Kier alpha value is -2.31. The molecule has 2 heterocycles. The number of carboxylic acids is 1. The third-order valence-electron chi connectivity index (χ3n) is 2.92. The van der Waals surface area contributed by atoms with Crippen molar-refractivity contribution in [3.63, 3.8) is 0 Å². The van der Waals surface area contributed by atoms with Crippen LogP contribution in [-0.2, 0) is 11.8 Å². The van der Waals surface area contributed by atoms with E-state index in [1.54, 1.807) is 18.1 Å². The van der Waals surface area contributed by atoms with Crippen molar-refractivity contribution in [1.82, 2.24) is 20.0 Å². The van der Waals surface area contributed by atoms with Crippen LogP contribution in [0.25, 0.3) is 0 Å². The quantitative estimate of drug-likeness (QED) is 0.779. The first-order valence-corrected chi connectivity index (χ1v) is 5.99. The number of carboxylic acid groups (broad SMARTS) is 1. The van der Waals surface area contributed by atoms with Crippen LogP contribution in [0.4, 0.5) is 4.79 Å². The number of nitrogens with zero attached hydrogens (tertiary/aromatic N) is 3. The Morgan fingerprint density at radius 3 is 2.79 bits per heavy atom. The molecule has 1 atom stereocenters. The Labute approximate surface area is 110 Å². The zero-order valence-electron chi connectivity index (χ0n) is 10.6. The number of carbonyl (C=O) groups is 2. The molecule has 2 amide bonds. The highest BCUT2D eigenvalue weighted by atomic mass is 16.4. The van der Waals surface area contributed by atoms with Crippen molar-refractivity contribution in [1.29, 1.82) is 0 Å². The molecule has 0 radical (unpaired) electrons. The van der Waals surface area contributed by atoms with Gasteiger partial charge in [-0.2, -0.15) is 5.10 Å². The molecule has 7 nitrogen and oxygen atoms in total. The molecule has 102 valence electrons. The fraction of sp³-hybridized carbons (Fsp3) is 0.417. The highest BCUT2D eigenvalue weighted by molar-refractivity contribution is 5.83. The van der Waals surface area contributed by atoms with Crippen LogP contribution >= 0.6 is 0 Å². The van der Waals surface area contributed by atoms with Crippen molar-refractivity contribution in [3.05, 3.63) is 30.1 Å². The molecule has 0 saturated heterocycles. The van der Waals surface area contributed by atoms with E-state index in [1.165, 1.54) is 10.9 Å². The molecule has 1 unspecified atom stereocenters. The topological polar surface area (TPSA) is 87.5 Å². The molecule has 1 aliphatic rings. The van der Waals surface area contributed by atoms with Crippen LogP contribution in [0.5, 0.6) is 0 Å². The van der Waals surface area contributed by atoms with E-state index in [4.69, 9.17) is 0 Å². The van der Waals surface area contributed by atoms with Crippen LogP contribution in [0.3, 0.4) is 0 Å². The molecule has 0 bridgehead atoms. The maximum atomic E-state index is 12.0. The molecular formula is C12H16N4O3. The van der Waals surface area contributed by atoms with Crippen LogP contribution in [-0.4, -0.2) is 44.9 Å². The molecule has 1 aromatic heterocycles. The minimum Gasteiger partial charge on any atom is -0.479 e. The van der Waals surface area contributed by atoms with Crippen LogP contribution < -0.4 is 5.32 Å². The van der Waals surface area contributed by atoms with Gasteiger partial charge >= 0.3 is 12.0 Å². The maximum absolute atomic E-state index is 12.0. The van der Waals surface area contributed by atoms with E-state index in [9.17, 15) is 14.7 Å². The summed E-state index contributed by atoms with van der Waals surface area (Å²) in [5.41, 5.74) is 0.455. The Morgan fingerprint density at radius 1 is 1.47 bits per heavy atom. The first kappa shape index (κ1) is 13.1. The molecule has 0 aliphatic carbocycles. The van der Waals surface area contributed by atoms with Gasteiger partial charge in [-0.25, -0.2) is 9.59 Å². The number of aromatic nitrogens is 2. The van der Waals surface area contributed by atoms with Gasteiger partial charge in [-0.1, -0.05) is 12.2 Å². The van der Waals surface area contributed by atoms with E-state index in [-0.39, 0.29) is 6.03 Å². The molecule has 1 aromatic rings. The minimum atomic E-state index is -1.10. The second-order valence-electron chi connectivity index (χ2n) is 4.37. The number of carbonyl (C=O) groups excluding carboxylic acids is 1. The molecular weight excluding hydrogens is 248 g/mol.